The van der Waals surface area contributed by atoms with Crippen LogP contribution < -0.4 is 9.80 Å². The molecule has 4 nitrogen and oxygen atoms in total. The van der Waals surface area contributed by atoms with Crippen LogP contribution in [-0.2, 0) is 9.59 Å². The maximum Gasteiger partial charge on any atom is 0.270 e. The van der Waals surface area contributed by atoms with E-state index in [9.17, 15) is 9.59 Å². The third-order valence-electron chi connectivity index (χ3n) is 5.19. The van der Waals surface area contributed by atoms with Crippen molar-refractivity contribution >= 4 is 57.9 Å². The molecule has 2 amide bonds. The van der Waals surface area contributed by atoms with Gasteiger partial charge in [0.25, 0.3) is 11.8 Å². The molecule has 150 valence electrons. The number of para-hydroxylation sites is 1. The van der Waals surface area contributed by atoms with Gasteiger partial charge in [0.1, 0.15) is 5.57 Å². The fourth-order valence-corrected chi connectivity index (χ4v) is 4.53. The summed E-state index contributed by atoms with van der Waals surface area (Å²) in [6, 6.07) is 16.9. The predicted molar refractivity (Wildman–Crippen MR) is 127 cm³/mol. The van der Waals surface area contributed by atoms with E-state index in [0.29, 0.717) is 11.4 Å². The maximum absolute atomic E-state index is 13.5. The van der Waals surface area contributed by atoms with Crippen LogP contribution in [0, 0.1) is 20.8 Å². The average Bonchev–Trinajstić information content (AvgIpc) is 3.13. The van der Waals surface area contributed by atoms with Crippen LogP contribution in [0.5, 0.6) is 0 Å². The van der Waals surface area contributed by atoms with Gasteiger partial charge in [0.15, 0.2) is 5.11 Å². The molecule has 6 heteroatoms. The van der Waals surface area contributed by atoms with E-state index in [4.69, 9.17) is 12.2 Å². The Bertz CT molecular complexity index is 1190. The number of benzene rings is 2. The summed E-state index contributed by atoms with van der Waals surface area (Å²) in [5.41, 5.74) is 4.56. The number of nitrogens with zero attached hydrogens (tertiary/aromatic N) is 2. The SMILES string of the molecule is Cc1ccc(N2C(=O)/C(=C\c3sccc3C)C(=O)N(c3ccccc3)C2=S)cc1C. The Hall–Kier alpha value is -3.09. The zero-order chi connectivity index (χ0) is 21.4. The van der Waals surface area contributed by atoms with Crippen molar-refractivity contribution in [1.29, 1.82) is 0 Å². The summed E-state index contributed by atoms with van der Waals surface area (Å²) < 4.78 is 0. The fourth-order valence-electron chi connectivity index (χ4n) is 3.29. The lowest BCUT2D eigenvalue weighted by Crippen LogP contribution is -2.57. The van der Waals surface area contributed by atoms with Crippen molar-refractivity contribution in [1.82, 2.24) is 0 Å². The van der Waals surface area contributed by atoms with Gasteiger partial charge < -0.3 is 0 Å². The molecule has 1 aliphatic heterocycles. The zero-order valence-corrected chi connectivity index (χ0v) is 18.5. The van der Waals surface area contributed by atoms with Crippen LogP contribution >= 0.6 is 23.6 Å². The van der Waals surface area contributed by atoms with E-state index >= 15 is 0 Å². The van der Waals surface area contributed by atoms with Crippen molar-refractivity contribution in [3.8, 4) is 0 Å². The maximum atomic E-state index is 13.5. The zero-order valence-electron chi connectivity index (χ0n) is 16.9. The normalized spacial score (nSPS) is 16.0. The van der Waals surface area contributed by atoms with E-state index in [1.54, 1.807) is 6.08 Å². The minimum atomic E-state index is -0.413. The average molecular weight is 433 g/mol. The summed E-state index contributed by atoms with van der Waals surface area (Å²) in [6.45, 7) is 5.96. The van der Waals surface area contributed by atoms with Crippen LogP contribution in [0.25, 0.3) is 6.08 Å². The van der Waals surface area contributed by atoms with Crippen molar-refractivity contribution in [2.45, 2.75) is 20.8 Å². The fraction of sp³-hybridized carbons (Fsp3) is 0.125. The Morgan fingerprint density at radius 3 is 2.07 bits per heavy atom. The number of thiophene rings is 1. The summed E-state index contributed by atoms with van der Waals surface area (Å²) in [5.74, 6) is -0.822. The first-order valence-electron chi connectivity index (χ1n) is 9.49. The van der Waals surface area contributed by atoms with E-state index in [0.717, 1.165) is 21.6 Å². The summed E-state index contributed by atoms with van der Waals surface area (Å²) in [7, 11) is 0. The van der Waals surface area contributed by atoms with Gasteiger partial charge in [0.05, 0.1) is 11.4 Å². The Kier molecular flexibility index (Phi) is 5.37. The van der Waals surface area contributed by atoms with Gasteiger partial charge in [-0.3, -0.25) is 19.4 Å². The monoisotopic (exact) mass is 432 g/mol. The molecule has 1 saturated heterocycles. The molecule has 1 aromatic heterocycles. The minimum absolute atomic E-state index is 0.0937. The standard InChI is InChI=1S/C24H20N2O2S2/c1-15-9-10-19(13-17(15)3)26-23(28)20(14-21-16(2)11-12-30-21)22(27)25(24(26)29)18-7-5-4-6-8-18/h4-14H,1-3H3/b20-14-. The molecule has 1 fully saturated rings. The van der Waals surface area contributed by atoms with Gasteiger partial charge >= 0.3 is 0 Å². The van der Waals surface area contributed by atoms with E-state index in [1.165, 1.54) is 21.1 Å². The lowest BCUT2D eigenvalue weighted by Gasteiger charge is -2.36. The van der Waals surface area contributed by atoms with Gasteiger partial charge in [0, 0.05) is 4.88 Å². The molecule has 0 aliphatic carbocycles. The van der Waals surface area contributed by atoms with E-state index in [-0.39, 0.29) is 10.7 Å². The molecule has 0 radical (unpaired) electrons. The molecular formula is C24H20N2O2S2. The van der Waals surface area contributed by atoms with Gasteiger partial charge in [-0.05, 0) is 91.5 Å². The molecule has 1 aliphatic rings. The first kappa shape index (κ1) is 20.2. The van der Waals surface area contributed by atoms with Crippen molar-refractivity contribution in [2.24, 2.45) is 0 Å². The number of amides is 2. The van der Waals surface area contributed by atoms with Crippen LogP contribution in [0.15, 0.2) is 65.6 Å². The van der Waals surface area contributed by atoms with Crippen LogP contribution in [0.4, 0.5) is 11.4 Å². The van der Waals surface area contributed by atoms with Crippen molar-refractivity contribution in [2.75, 3.05) is 9.80 Å². The van der Waals surface area contributed by atoms with Gasteiger partial charge in [-0.15, -0.1) is 11.3 Å². The van der Waals surface area contributed by atoms with Gasteiger partial charge in [-0.2, -0.15) is 0 Å². The molecule has 0 bridgehead atoms. The van der Waals surface area contributed by atoms with Crippen LogP contribution in [-0.4, -0.2) is 16.9 Å². The number of thiocarbonyl (C=S) groups is 1. The lowest BCUT2D eigenvalue weighted by atomic mass is 10.1. The number of anilines is 2. The molecule has 4 rings (SSSR count). The van der Waals surface area contributed by atoms with E-state index in [1.807, 2.05) is 80.7 Å². The topological polar surface area (TPSA) is 40.6 Å². The molecule has 30 heavy (non-hydrogen) atoms. The lowest BCUT2D eigenvalue weighted by molar-refractivity contribution is -0.120. The van der Waals surface area contributed by atoms with E-state index in [2.05, 4.69) is 0 Å². The molecule has 0 unspecified atom stereocenters. The van der Waals surface area contributed by atoms with Gasteiger partial charge in [-0.25, -0.2) is 0 Å². The molecule has 0 atom stereocenters. The number of aryl methyl sites for hydroxylation is 3. The van der Waals surface area contributed by atoms with Crippen LogP contribution in [0.2, 0.25) is 0 Å². The second-order valence-electron chi connectivity index (χ2n) is 7.19. The third-order valence-corrected chi connectivity index (χ3v) is 6.52. The molecule has 2 heterocycles. The molecule has 2 aromatic carbocycles. The molecular weight excluding hydrogens is 412 g/mol. The highest BCUT2D eigenvalue weighted by molar-refractivity contribution is 7.81. The summed E-state index contributed by atoms with van der Waals surface area (Å²) >= 11 is 7.15. The third kappa shape index (κ3) is 3.49. The highest BCUT2D eigenvalue weighted by Crippen LogP contribution is 2.31. The largest absolute Gasteiger partial charge is 0.270 e. The number of rotatable bonds is 3. The molecule has 3 aromatic rings. The second-order valence-corrected chi connectivity index (χ2v) is 8.51. The number of carbonyl (C=O) groups excluding carboxylic acids is 2. The first-order valence-corrected chi connectivity index (χ1v) is 10.8. The minimum Gasteiger partial charge on any atom is -0.268 e. The van der Waals surface area contributed by atoms with Crippen LogP contribution in [0.3, 0.4) is 0 Å². The molecule has 0 saturated carbocycles. The van der Waals surface area contributed by atoms with Crippen molar-refractivity contribution in [3.63, 3.8) is 0 Å². The Morgan fingerprint density at radius 1 is 0.800 bits per heavy atom. The Labute approximate surface area is 185 Å². The van der Waals surface area contributed by atoms with Crippen LogP contribution in [0.1, 0.15) is 21.6 Å². The summed E-state index contributed by atoms with van der Waals surface area (Å²) in [6.07, 6.45) is 1.68. The van der Waals surface area contributed by atoms with Crippen molar-refractivity contribution in [3.05, 3.63) is 87.1 Å². The first-order chi connectivity index (χ1) is 14.4. The number of hydrogen-bond acceptors (Lipinski definition) is 4. The van der Waals surface area contributed by atoms with Gasteiger partial charge in [0.2, 0.25) is 0 Å². The summed E-state index contributed by atoms with van der Waals surface area (Å²) in [5, 5.41) is 2.10. The van der Waals surface area contributed by atoms with E-state index < -0.39 is 11.8 Å². The number of carbonyl (C=O) groups is 2. The molecule has 0 spiro atoms. The van der Waals surface area contributed by atoms with Crippen molar-refractivity contribution < 1.29 is 9.59 Å². The Balaban J connectivity index is 1.89. The predicted octanol–water partition coefficient (Wildman–Crippen LogP) is 5.42. The smallest absolute Gasteiger partial charge is 0.268 e. The number of hydrogen-bond donors (Lipinski definition) is 0. The second kappa shape index (κ2) is 7.97. The van der Waals surface area contributed by atoms with Gasteiger partial charge in [-0.1, -0.05) is 24.3 Å². The highest BCUT2D eigenvalue weighted by atomic mass is 32.1. The summed E-state index contributed by atoms with van der Waals surface area (Å²) in [4.78, 5) is 30.7. The highest BCUT2D eigenvalue weighted by Gasteiger charge is 2.41. The Morgan fingerprint density at radius 2 is 1.47 bits per heavy atom. The quantitative estimate of drug-likeness (QED) is 0.315. The molecule has 0 N–H and O–H groups in total.